The Bertz CT molecular complexity index is 528. The van der Waals surface area contributed by atoms with Crippen LogP contribution in [0.3, 0.4) is 0 Å². The van der Waals surface area contributed by atoms with E-state index in [1.54, 1.807) is 18.6 Å². The van der Waals surface area contributed by atoms with Crippen LogP contribution in [-0.2, 0) is 0 Å². The number of amides is 1. The Hall–Kier alpha value is -2.02. The summed E-state index contributed by atoms with van der Waals surface area (Å²) in [6.07, 6.45) is 1.62. The minimum Gasteiger partial charge on any atom is -0.286 e. The summed E-state index contributed by atoms with van der Waals surface area (Å²) >= 11 is 1.35. The summed E-state index contributed by atoms with van der Waals surface area (Å²) in [6, 6.07) is 2.64. The van der Waals surface area contributed by atoms with Crippen molar-refractivity contribution in [1.29, 1.82) is 0 Å². The Morgan fingerprint density at radius 3 is 2.88 bits per heavy atom. The van der Waals surface area contributed by atoms with Gasteiger partial charge in [-0.05, 0) is 6.07 Å². The number of carbonyl (C=O) groups is 1. The molecule has 6 nitrogen and oxygen atoms in total. The molecule has 0 saturated carbocycles. The molecule has 2 aromatic rings. The number of thiazole rings is 1. The summed E-state index contributed by atoms with van der Waals surface area (Å²) in [6.45, 7) is 0. The number of rotatable bonds is 2. The Balaban J connectivity index is 2.26. The average Bonchev–Trinajstić information content (AvgIpc) is 2.81. The van der Waals surface area contributed by atoms with Gasteiger partial charge in [-0.25, -0.2) is 10.1 Å². The van der Waals surface area contributed by atoms with E-state index in [9.17, 15) is 9.59 Å². The molecule has 0 unspecified atom stereocenters. The molecule has 0 saturated heterocycles. The summed E-state index contributed by atoms with van der Waals surface area (Å²) in [5, 5.41) is 8.23. The minimum atomic E-state index is -0.339. The van der Waals surface area contributed by atoms with Crippen LogP contribution in [0.5, 0.6) is 0 Å². The van der Waals surface area contributed by atoms with Gasteiger partial charge in [0, 0.05) is 24.7 Å². The summed E-state index contributed by atoms with van der Waals surface area (Å²) in [4.78, 5) is 28.0. The minimum absolute atomic E-state index is 0.178. The molecule has 82 valence electrons. The second-order valence-electron chi connectivity index (χ2n) is 2.99. The van der Waals surface area contributed by atoms with E-state index < -0.39 is 0 Å². The van der Waals surface area contributed by atoms with Crippen molar-refractivity contribution in [2.24, 2.45) is 0 Å². The highest BCUT2D eigenvalue weighted by Gasteiger charge is 2.16. The highest BCUT2D eigenvalue weighted by Crippen LogP contribution is 2.16. The molecule has 0 fully saturated rings. The predicted octanol–water partition coefficient (Wildman–Crippen LogP) is 0.503. The van der Waals surface area contributed by atoms with Gasteiger partial charge in [0.2, 0.25) is 0 Å². The molecule has 0 aliphatic heterocycles. The lowest BCUT2D eigenvalue weighted by atomic mass is 10.3. The van der Waals surface area contributed by atoms with Crippen molar-refractivity contribution < 1.29 is 4.79 Å². The number of anilines is 1. The van der Waals surface area contributed by atoms with E-state index in [0.717, 1.165) is 0 Å². The van der Waals surface area contributed by atoms with Crippen LogP contribution in [0.15, 0.2) is 28.5 Å². The van der Waals surface area contributed by atoms with Crippen molar-refractivity contribution in [2.45, 2.75) is 0 Å². The van der Waals surface area contributed by atoms with E-state index in [2.05, 4.69) is 15.2 Å². The molecule has 2 heterocycles. The molecule has 0 bridgehead atoms. The van der Waals surface area contributed by atoms with E-state index in [0.29, 0.717) is 5.13 Å². The second-order valence-corrected chi connectivity index (χ2v) is 3.86. The maximum Gasteiger partial charge on any atom is 0.280 e. The van der Waals surface area contributed by atoms with Gasteiger partial charge in [-0.1, -0.05) is 0 Å². The van der Waals surface area contributed by atoms with E-state index in [-0.39, 0.29) is 17.2 Å². The van der Waals surface area contributed by atoms with Crippen LogP contribution in [0.25, 0.3) is 0 Å². The van der Waals surface area contributed by atoms with Gasteiger partial charge >= 0.3 is 0 Å². The fourth-order valence-corrected chi connectivity index (χ4v) is 1.71. The van der Waals surface area contributed by atoms with E-state index in [1.165, 1.54) is 28.4 Å². The molecule has 0 aromatic carbocycles. The van der Waals surface area contributed by atoms with Crippen LogP contribution in [0, 0.1) is 0 Å². The third-order valence-electron chi connectivity index (χ3n) is 1.91. The highest BCUT2D eigenvalue weighted by molar-refractivity contribution is 7.13. The third kappa shape index (κ3) is 1.98. The Morgan fingerprint density at radius 2 is 2.31 bits per heavy atom. The third-order valence-corrected chi connectivity index (χ3v) is 2.76. The second kappa shape index (κ2) is 4.23. The number of nitrogens with one attached hydrogen (secondary N) is 1. The standard InChI is InChI=1S/C9H8N4O2S/c1-13(9-10-4-5-16-9)8(15)6-2-3-7(14)12-11-6/h2-5H,1H3,(H,12,14). The Labute approximate surface area is 94.6 Å². The molecule has 0 atom stereocenters. The monoisotopic (exact) mass is 236 g/mol. The molecule has 2 aromatic heterocycles. The zero-order valence-corrected chi connectivity index (χ0v) is 9.19. The van der Waals surface area contributed by atoms with Crippen molar-refractivity contribution in [3.8, 4) is 0 Å². The van der Waals surface area contributed by atoms with Crippen LogP contribution >= 0.6 is 11.3 Å². The first-order valence-corrected chi connectivity index (χ1v) is 5.30. The van der Waals surface area contributed by atoms with Gasteiger partial charge < -0.3 is 0 Å². The first-order chi connectivity index (χ1) is 7.68. The van der Waals surface area contributed by atoms with Crippen LogP contribution in [-0.4, -0.2) is 28.1 Å². The van der Waals surface area contributed by atoms with Gasteiger partial charge in [0.05, 0.1) is 0 Å². The zero-order valence-electron chi connectivity index (χ0n) is 8.38. The molecule has 0 aliphatic rings. The van der Waals surface area contributed by atoms with Gasteiger partial charge in [-0.2, -0.15) is 5.10 Å². The number of carbonyl (C=O) groups excluding carboxylic acids is 1. The summed E-state index contributed by atoms with van der Waals surface area (Å²) in [7, 11) is 1.61. The lowest BCUT2D eigenvalue weighted by molar-refractivity contribution is 0.0987. The fourth-order valence-electron chi connectivity index (χ4n) is 1.10. The van der Waals surface area contributed by atoms with E-state index in [4.69, 9.17) is 0 Å². The lowest BCUT2D eigenvalue weighted by Gasteiger charge is -2.12. The number of aromatic amines is 1. The Morgan fingerprint density at radius 1 is 1.50 bits per heavy atom. The molecular weight excluding hydrogens is 228 g/mol. The first kappa shape index (κ1) is 10.5. The highest BCUT2D eigenvalue weighted by atomic mass is 32.1. The quantitative estimate of drug-likeness (QED) is 0.823. The number of hydrogen-bond acceptors (Lipinski definition) is 5. The van der Waals surface area contributed by atoms with Crippen LogP contribution in [0.2, 0.25) is 0 Å². The molecular formula is C9H8N4O2S. The zero-order chi connectivity index (χ0) is 11.5. The van der Waals surface area contributed by atoms with Crippen LogP contribution in [0.1, 0.15) is 10.5 Å². The van der Waals surface area contributed by atoms with Crippen LogP contribution < -0.4 is 10.5 Å². The molecule has 0 spiro atoms. The fraction of sp³-hybridized carbons (Fsp3) is 0.111. The van der Waals surface area contributed by atoms with Gasteiger partial charge in [-0.15, -0.1) is 11.3 Å². The van der Waals surface area contributed by atoms with Crippen molar-refractivity contribution in [1.82, 2.24) is 15.2 Å². The summed E-state index contributed by atoms with van der Waals surface area (Å²) < 4.78 is 0. The molecule has 1 amide bonds. The Kier molecular flexibility index (Phi) is 2.78. The molecule has 16 heavy (non-hydrogen) atoms. The van der Waals surface area contributed by atoms with E-state index in [1.807, 2.05) is 0 Å². The van der Waals surface area contributed by atoms with Gasteiger partial charge in [0.25, 0.3) is 11.5 Å². The van der Waals surface area contributed by atoms with Gasteiger partial charge in [0.15, 0.2) is 5.13 Å². The number of hydrogen-bond donors (Lipinski definition) is 1. The van der Waals surface area contributed by atoms with Crippen molar-refractivity contribution >= 4 is 22.4 Å². The lowest BCUT2D eigenvalue weighted by Crippen LogP contribution is -2.28. The number of H-pyrrole nitrogens is 1. The largest absolute Gasteiger partial charge is 0.286 e. The molecule has 7 heteroatoms. The first-order valence-electron chi connectivity index (χ1n) is 4.42. The smallest absolute Gasteiger partial charge is 0.280 e. The van der Waals surface area contributed by atoms with Gasteiger partial charge in [-0.3, -0.25) is 14.5 Å². The SMILES string of the molecule is CN(C(=O)c1ccc(=O)[nH]n1)c1nccs1. The van der Waals surface area contributed by atoms with Crippen LogP contribution in [0.4, 0.5) is 5.13 Å². The topological polar surface area (TPSA) is 79.0 Å². The summed E-state index contributed by atoms with van der Waals surface area (Å²) in [5.41, 5.74) is -0.161. The van der Waals surface area contributed by atoms with E-state index >= 15 is 0 Å². The van der Waals surface area contributed by atoms with Crippen molar-refractivity contribution in [2.75, 3.05) is 11.9 Å². The molecule has 0 aliphatic carbocycles. The molecule has 2 rings (SSSR count). The van der Waals surface area contributed by atoms with Crippen molar-refractivity contribution in [3.63, 3.8) is 0 Å². The summed E-state index contributed by atoms with van der Waals surface area (Å²) in [5.74, 6) is -0.314. The maximum absolute atomic E-state index is 11.9. The molecule has 1 N–H and O–H groups in total. The number of aromatic nitrogens is 3. The normalized spacial score (nSPS) is 10.1. The van der Waals surface area contributed by atoms with Crippen molar-refractivity contribution in [3.05, 3.63) is 39.8 Å². The maximum atomic E-state index is 11.9. The predicted molar refractivity (Wildman–Crippen MR) is 59.7 cm³/mol. The molecule has 0 radical (unpaired) electrons. The number of nitrogens with zero attached hydrogens (tertiary/aromatic N) is 3. The average molecular weight is 236 g/mol. The van der Waals surface area contributed by atoms with Gasteiger partial charge in [0.1, 0.15) is 5.69 Å².